The number of hydrogen-bond acceptors (Lipinski definition) is 6. The molecule has 3 aliphatic heterocycles. The minimum absolute atomic E-state index is 0.114. The van der Waals surface area contributed by atoms with Gasteiger partial charge in [0.05, 0.1) is 23.8 Å². The first-order valence-corrected chi connectivity index (χ1v) is 9.89. The molecule has 30 heavy (non-hydrogen) atoms. The van der Waals surface area contributed by atoms with E-state index in [1.165, 1.54) is 11.0 Å². The second-order valence-electron chi connectivity index (χ2n) is 7.49. The maximum atomic E-state index is 12.7. The van der Waals surface area contributed by atoms with Crippen molar-refractivity contribution >= 4 is 17.7 Å². The summed E-state index contributed by atoms with van der Waals surface area (Å²) in [6.45, 7) is 1.39. The Balaban J connectivity index is 1.27. The molecule has 2 aromatic carbocycles. The van der Waals surface area contributed by atoms with Gasteiger partial charge in [0.15, 0.2) is 11.5 Å². The van der Waals surface area contributed by atoms with E-state index in [-0.39, 0.29) is 42.7 Å². The van der Waals surface area contributed by atoms with Crippen molar-refractivity contribution < 1.29 is 28.6 Å². The van der Waals surface area contributed by atoms with Crippen LogP contribution in [0, 0.1) is 0 Å². The number of nitrogens with one attached hydrogen (secondary N) is 1. The van der Waals surface area contributed by atoms with E-state index >= 15 is 0 Å². The first-order valence-electron chi connectivity index (χ1n) is 9.89. The van der Waals surface area contributed by atoms with Crippen LogP contribution in [0.5, 0.6) is 11.5 Å². The van der Waals surface area contributed by atoms with Crippen LogP contribution in [0.25, 0.3) is 0 Å². The molecule has 3 aliphatic rings. The first-order chi connectivity index (χ1) is 14.6. The summed E-state index contributed by atoms with van der Waals surface area (Å²) < 4.78 is 16.2. The Morgan fingerprint density at radius 1 is 1.03 bits per heavy atom. The molecule has 0 spiro atoms. The zero-order valence-electron chi connectivity index (χ0n) is 16.2. The van der Waals surface area contributed by atoms with Crippen LogP contribution in [-0.2, 0) is 11.3 Å². The van der Waals surface area contributed by atoms with E-state index in [2.05, 4.69) is 5.32 Å². The van der Waals surface area contributed by atoms with Gasteiger partial charge in [-0.3, -0.25) is 19.3 Å². The second-order valence-corrected chi connectivity index (χ2v) is 7.49. The summed E-state index contributed by atoms with van der Waals surface area (Å²) >= 11 is 0. The number of nitrogens with zero attached hydrogens (tertiary/aromatic N) is 1. The van der Waals surface area contributed by atoms with E-state index in [0.29, 0.717) is 35.8 Å². The predicted octanol–water partition coefficient (Wildman–Crippen LogP) is 2.12. The Labute approximate surface area is 172 Å². The molecular weight excluding hydrogens is 388 g/mol. The van der Waals surface area contributed by atoms with Crippen LogP contribution >= 0.6 is 0 Å². The Hall–Kier alpha value is -3.39. The Bertz CT molecular complexity index is 1040. The lowest BCUT2D eigenvalue weighted by Crippen LogP contribution is -2.36. The minimum atomic E-state index is -0.379. The average Bonchev–Trinajstić information content (AvgIpc) is 3.49. The van der Waals surface area contributed by atoms with E-state index in [9.17, 15) is 14.4 Å². The molecule has 3 heterocycles. The third-order valence-electron chi connectivity index (χ3n) is 5.53. The lowest BCUT2D eigenvalue weighted by Gasteiger charge is -2.17. The topological polar surface area (TPSA) is 94.2 Å². The summed E-state index contributed by atoms with van der Waals surface area (Å²) in [6, 6.07) is 10.1. The number of fused-ring (bicyclic) bond motifs is 2. The quantitative estimate of drug-likeness (QED) is 0.762. The summed E-state index contributed by atoms with van der Waals surface area (Å²) in [6.07, 6.45) is 1.65. The average molecular weight is 408 g/mol. The SMILES string of the molecule is O=C(NCc1ccc2c(c1)OCO2)c1ccc2c(c1)C(=O)N(C[C@H]1CCCO1)C2=O. The van der Waals surface area contributed by atoms with Crippen molar-refractivity contribution in [2.75, 3.05) is 19.9 Å². The number of imide groups is 1. The van der Waals surface area contributed by atoms with E-state index in [0.717, 1.165) is 18.4 Å². The highest BCUT2D eigenvalue weighted by Gasteiger charge is 2.37. The maximum absolute atomic E-state index is 12.7. The van der Waals surface area contributed by atoms with Crippen LogP contribution in [0.1, 0.15) is 49.5 Å². The molecule has 0 bridgehead atoms. The van der Waals surface area contributed by atoms with Crippen molar-refractivity contribution in [3.63, 3.8) is 0 Å². The van der Waals surface area contributed by atoms with Gasteiger partial charge in [-0.1, -0.05) is 6.07 Å². The van der Waals surface area contributed by atoms with Crippen LogP contribution in [0.2, 0.25) is 0 Å². The van der Waals surface area contributed by atoms with Gasteiger partial charge in [0.2, 0.25) is 6.79 Å². The molecule has 0 aromatic heterocycles. The van der Waals surface area contributed by atoms with Gasteiger partial charge in [0.25, 0.3) is 17.7 Å². The molecule has 1 fully saturated rings. The van der Waals surface area contributed by atoms with E-state index in [1.807, 2.05) is 12.1 Å². The number of carbonyl (C=O) groups excluding carboxylic acids is 3. The van der Waals surface area contributed by atoms with Crippen molar-refractivity contribution in [1.29, 1.82) is 0 Å². The molecule has 3 amide bonds. The van der Waals surface area contributed by atoms with E-state index < -0.39 is 0 Å². The number of ether oxygens (including phenoxy) is 3. The van der Waals surface area contributed by atoms with E-state index in [1.54, 1.807) is 18.2 Å². The smallest absolute Gasteiger partial charge is 0.261 e. The highest BCUT2D eigenvalue weighted by atomic mass is 16.7. The lowest BCUT2D eigenvalue weighted by atomic mass is 10.1. The largest absolute Gasteiger partial charge is 0.454 e. The molecule has 8 heteroatoms. The van der Waals surface area contributed by atoms with Gasteiger partial charge in [-0.05, 0) is 48.7 Å². The zero-order valence-corrected chi connectivity index (χ0v) is 16.2. The molecule has 1 N–H and O–H groups in total. The monoisotopic (exact) mass is 408 g/mol. The van der Waals surface area contributed by atoms with Gasteiger partial charge < -0.3 is 19.5 Å². The summed E-state index contributed by atoms with van der Waals surface area (Å²) in [5.41, 5.74) is 1.77. The normalized spacial score (nSPS) is 19.3. The van der Waals surface area contributed by atoms with Crippen molar-refractivity contribution in [1.82, 2.24) is 10.2 Å². The Morgan fingerprint density at radius 2 is 1.87 bits per heavy atom. The Morgan fingerprint density at radius 3 is 2.70 bits per heavy atom. The maximum Gasteiger partial charge on any atom is 0.261 e. The lowest BCUT2D eigenvalue weighted by molar-refractivity contribution is 0.0475. The highest BCUT2D eigenvalue weighted by molar-refractivity contribution is 6.22. The summed E-state index contributed by atoms with van der Waals surface area (Å²) in [7, 11) is 0. The minimum Gasteiger partial charge on any atom is -0.454 e. The molecule has 0 radical (unpaired) electrons. The van der Waals surface area contributed by atoms with Crippen molar-refractivity contribution in [2.45, 2.75) is 25.5 Å². The third kappa shape index (κ3) is 3.29. The number of hydrogen-bond donors (Lipinski definition) is 1. The van der Waals surface area contributed by atoms with Gasteiger partial charge in [0.1, 0.15) is 0 Å². The molecule has 1 saturated heterocycles. The molecule has 2 aromatic rings. The molecule has 0 unspecified atom stereocenters. The van der Waals surface area contributed by atoms with Crippen LogP contribution in [0.3, 0.4) is 0 Å². The third-order valence-corrected chi connectivity index (χ3v) is 5.53. The fraction of sp³-hybridized carbons (Fsp3) is 0.318. The summed E-state index contributed by atoms with van der Waals surface area (Å²) in [5, 5.41) is 2.83. The summed E-state index contributed by atoms with van der Waals surface area (Å²) in [4.78, 5) is 39.2. The number of rotatable bonds is 5. The van der Waals surface area contributed by atoms with Gasteiger partial charge in [0, 0.05) is 18.7 Å². The highest BCUT2D eigenvalue weighted by Crippen LogP contribution is 2.32. The van der Waals surface area contributed by atoms with Gasteiger partial charge in [-0.2, -0.15) is 0 Å². The van der Waals surface area contributed by atoms with Crippen LogP contribution < -0.4 is 14.8 Å². The second kappa shape index (κ2) is 7.46. The number of carbonyl (C=O) groups is 3. The first kappa shape index (κ1) is 18.6. The van der Waals surface area contributed by atoms with Crippen molar-refractivity contribution in [3.8, 4) is 11.5 Å². The number of amides is 3. The van der Waals surface area contributed by atoms with Crippen LogP contribution in [0.15, 0.2) is 36.4 Å². The molecule has 0 saturated carbocycles. The standard InChI is InChI=1S/C22H20N2O6/c25-20(23-10-13-3-6-18-19(8-13)30-12-29-18)14-4-5-16-17(9-14)22(27)24(21(16)26)11-15-2-1-7-28-15/h3-6,8-9,15H,1-2,7,10-12H2,(H,23,25)/t15-/m1/s1. The van der Waals surface area contributed by atoms with Crippen LogP contribution in [0.4, 0.5) is 0 Å². The summed E-state index contributed by atoms with van der Waals surface area (Å²) in [5.74, 6) is 0.288. The molecule has 154 valence electrons. The van der Waals surface area contributed by atoms with Gasteiger partial charge >= 0.3 is 0 Å². The zero-order chi connectivity index (χ0) is 20.7. The van der Waals surface area contributed by atoms with Crippen molar-refractivity contribution in [3.05, 3.63) is 58.7 Å². The fourth-order valence-electron chi connectivity index (χ4n) is 3.93. The Kier molecular flexibility index (Phi) is 4.63. The predicted molar refractivity (Wildman–Crippen MR) is 105 cm³/mol. The molecule has 8 nitrogen and oxygen atoms in total. The molecule has 5 rings (SSSR count). The van der Waals surface area contributed by atoms with Crippen molar-refractivity contribution in [2.24, 2.45) is 0 Å². The number of benzene rings is 2. The van der Waals surface area contributed by atoms with Gasteiger partial charge in [-0.25, -0.2) is 0 Å². The van der Waals surface area contributed by atoms with Gasteiger partial charge in [-0.15, -0.1) is 0 Å². The molecular formula is C22H20N2O6. The van der Waals surface area contributed by atoms with Crippen LogP contribution in [-0.4, -0.2) is 48.7 Å². The van der Waals surface area contributed by atoms with E-state index in [4.69, 9.17) is 14.2 Å². The molecule has 0 aliphatic carbocycles. The fourth-order valence-corrected chi connectivity index (χ4v) is 3.93. The molecule has 1 atom stereocenters.